The molecule has 0 aromatic heterocycles. The molecule has 8 nitrogen and oxygen atoms in total. The van der Waals surface area contributed by atoms with Crippen molar-refractivity contribution in [2.24, 2.45) is 5.14 Å². The fourth-order valence-corrected chi connectivity index (χ4v) is 3.57. The average molecular weight is 377 g/mol. The lowest BCUT2D eigenvalue weighted by Crippen LogP contribution is -2.21. The summed E-state index contributed by atoms with van der Waals surface area (Å²) in [7, 11) is -4.21. The van der Waals surface area contributed by atoms with Crippen molar-refractivity contribution >= 4 is 27.4 Å². The molecule has 0 bridgehead atoms. The van der Waals surface area contributed by atoms with E-state index in [-0.39, 0.29) is 16.2 Å². The predicted molar refractivity (Wildman–Crippen MR) is 97.1 cm³/mol. The molecule has 0 radical (unpaired) electrons. The maximum absolute atomic E-state index is 12.1. The quantitative estimate of drug-likeness (QED) is 0.678. The van der Waals surface area contributed by atoms with E-state index in [1.807, 2.05) is 4.90 Å². The lowest BCUT2D eigenvalue weighted by Gasteiger charge is -2.23. The van der Waals surface area contributed by atoms with Crippen molar-refractivity contribution < 1.29 is 23.1 Å². The monoisotopic (exact) mass is 377 g/mol. The lowest BCUT2D eigenvalue weighted by molar-refractivity contribution is 0.0696. The number of ether oxygens (including phenoxy) is 1. The van der Waals surface area contributed by atoms with Crippen molar-refractivity contribution in [3.05, 3.63) is 42.0 Å². The zero-order valence-electron chi connectivity index (χ0n) is 13.9. The zero-order chi connectivity index (χ0) is 18.9. The van der Waals surface area contributed by atoms with Gasteiger partial charge in [-0.15, -0.1) is 0 Å². The Morgan fingerprint density at radius 3 is 2.27 bits per heavy atom. The highest BCUT2D eigenvalue weighted by Crippen LogP contribution is 2.40. The van der Waals surface area contributed by atoms with Gasteiger partial charge in [-0.05, 0) is 49.2 Å². The van der Waals surface area contributed by atoms with Crippen LogP contribution in [0.15, 0.2) is 41.3 Å². The Balaban J connectivity index is 2.20. The van der Waals surface area contributed by atoms with E-state index in [1.54, 1.807) is 24.3 Å². The van der Waals surface area contributed by atoms with E-state index < -0.39 is 16.0 Å². The van der Waals surface area contributed by atoms with Crippen molar-refractivity contribution in [1.82, 2.24) is 0 Å². The molecule has 2 aromatic carbocycles. The summed E-state index contributed by atoms with van der Waals surface area (Å²) in [6.07, 6.45) is 1.84. The number of benzene rings is 2. The molecule has 0 amide bonds. The summed E-state index contributed by atoms with van der Waals surface area (Å²) < 4.78 is 30.0. The van der Waals surface area contributed by atoms with Gasteiger partial charge in [0.05, 0.1) is 11.3 Å². The fraction of sp³-hybridized carbons (Fsp3) is 0.235. The summed E-state index contributed by atoms with van der Waals surface area (Å²) in [5, 5.41) is 14.7. The molecule has 26 heavy (non-hydrogen) atoms. The SMILES string of the molecule is Nc1ccc(Oc2c(N3CCCC3)cc(C(=O)O)cc2S(N)(=O)=O)cc1. The highest BCUT2D eigenvalue weighted by molar-refractivity contribution is 7.89. The molecule has 9 heteroatoms. The van der Waals surface area contributed by atoms with Gasteiger partial charge < -0.3 is 20.5 Å². The van der Waals surface area contributed by atoms with Gasteiger partial charge in [0.2, 0.25) is 10.0 Å². The molecular formula is C17H19N3O5S. The highest BCUT2D eigenvalue weighted by atomic mass is 32.2. The fourth-order valence-electron chi connectivity index (χ4n) is 2.87. The van der Waals surface area contributed by atoms with Crippen molar-refractivity contribution in [3.63, 3.8) is 0 Å². The van der Waals surface area contributed by atoms with Crippen LogP contribution in [0, 0.1) is 0 Å². The number of nitrogen functional groups attached to an aromatic ring is 1. The molecule has 1 fully saturated rings. The van der Waals surface area contributed by atoms with Crippen LogP contribution in [0.25, 0.3) is 0 Å². The molecule has 0 aliphatic carbocycles. The summed E-state index contributed by atoms with van der Waals surface area (Å²) >= 11 is 0. The van der Waals surface area contributed by atoms with Gasteiger partial charge in [0.15, 0.2) is 5.75 Å². The first kappa shape index (κ1) is 18.0. The van der Waals surface area contributed by atoms with E-state index in [0.717, 1.165) is 18.9 Å². The summed E-state index contributed by atoms with van der Waals surface area (Å²) in [4.78, 5) is 13.0. The zero-order valence-corrected chi connectivity index (χ0v) is 14.7. The largest absolute Gasteiger partial charge is 0.478 e. The number of nitrogens with zero attached hydrogens (tertiary/aromatic N) is 1. The van der Waals surface area contributed by atoms with Crippen molar-refractivity contribution in [1.29, 1.82) is 0 Å². The van der Waals surface area contributed by atoms with Gasteiger partial charge in [-0.1, -0.05) is 0 Å². The van der Waals surface area contributed by atoms with Gasteiger partial charge >= 0.3 is 5.97 Å². The van der Waals surface area contributed by atoms with E-state index >= 15 is 0 Å². The molecule has 2 aromatic rings. The molecule has 0 spiro atoms. The normalized spacial score (nSPS) is 14.4. The summed E-state index contributed by atoms with van der Waals surface area (Å²) in [6, 6.07) is 8.86. The number of primary sulfonamides is 1. The second-order valence-electron chi connectivity index (χ2n) is 6.04. The number of hydrogen-bond acceptors (Lipinski definition) is 6. The number of aromatic carboxylic acids is 1. The van der Waals surface area contributed by atoms with Crippen molar-refractivity contribution in [3.8, 4) is 11.5 Å². The van der Waals surface area contributed by atoms with Crippen LogP contribution in [0.5, 0.6) is 11.5 Å². The third kappa shape index (κ3) is 3.73. The van der Waals surface area contributed by atoms with E-state index in [4.69, 9.17) is 15.6 Å². The Bertz CT molecular complexity index is 936. The predicted octanol–water partition coefficient (Wildman–Crippen LogP) is 2.01. The van der Waals surface area contributed by atoms with Crippen LogP contribution in [-0.2, 0) is 10.0 Å². The van der Waals surface area contributed by atoms with Gasteiger partial charge in [-0.3, -0.25) is 0 Å². The third-order valence-electron chi connectivity index (χ3n) is 4.14. The first-order valence-electron chi connectivity index (χ1n) is 7.98. The number of carboxylic acids is 1. The average Bonchev–Trinajstić information content (AvgIpc) is 3.10. The van der Waals surface area contributed by atoms with Crippen LogP contribution in [0.4, 0.5) is 11.4 Å². The first-order valence-corrected chi connectivity index (χ1v) is 9.53. The summed E-state index contributed by atoms with van der Waals surface area (Å²) in [6.45, 7) is 1.34. The van der Waals surface area contributed by atoms with Gasteiger partial charge in [0.25, 0.3) is 0 Å². The topological polar surface area (TPSA) is 136 Å². The van der Waals surface area contributed by atoms with Gasteiger partial charge in [-0.25, -0.2) is 18.4 Å². The number of rotatable bonds is 5. The smallest absolute Gasteiger partial charge is 0.335 e. The molecule has 0 saturated carbocycles. The highest BCUT2D eigenvalue weighted by Gasteiger charge is 2.27. The van der Waals surface area contributed by atoms with Gasteiger partial charge in [0.1, 0.15) is 10.6 Å². The maximum atomic E-state index is 12.1. The van der Waals surface area contributed by atoms with E-state index in [0.29, 0.717) is 30.2 Å². The number of sulfonamides is 1. The number of carbonyl (C=O) groups is 1. The molecule has 0 unspecified atom stereocenters. The lowest BCUT2D eigenvalue weighted by atomic mass is 10.1. The van der Waals surface area contributed by atoms with Crippen LogP contribution >= 0.6 is 0 Å². The second-order valence-corrected chi connectivity index (χ2v) is 7.57. The molecule has 1 aliphatic heterocycles. The van der Waals surface area contributed by atoms with Crippen LogP contribution in [0.3, 0.4) is 0 Å². The molecule has 3 rings (SSSR count). The van der Waals surface area contributed by atoms with Crippen molar-refractivity contribution in [2.75, 3.05) is 23.7 Å². The Labute approximate surface area is 151 Å². The standard InChI is InChI=1S/C17H19N3O5S/c18-12-3-5-13(6-4-12)25-16-14(20-7-1-2-8-20)9-11(17(21)22)10-15(16)26(19,23)24/h3-6,9-10H,1-2,7-8,18H2,(H,21,22)(H2,19,23,24). The van der Waals surface area contributed by atoms with E-state index in [2.05, 4.69) is 0 Å². The third-order valence-corrected chi connectivity index (χ3v) is 5.05. The number of nitrogens with two attached hydrogens (primary N) is 2. The Morgan fingerprint density at radius 2 is 1.73 bits per heavy atom. The van der Waals surface area contributed by atoms with Gasteiger partial charge in [-0.2, -0.15) is 0 Å². The molecule has 1 heterocycles. The molecule has 138 valence electrons. The van der Waals surface area contributed by atoms with Gasteiger partial charge in [0, 0.05) is 18.8 Å². The maximum Gasteiger partial charge on any atom is 0.335 e. The van der Waals surface area contributed by atoms with Crippen LogP contribution < -0.4 is 20.5 Å². The molecule has 1 saturated heterocycles. The molecule has 1 aliphatic rings. The second kappa shape index (κ2) is 6.85. The molecule has 0 atom stereocenters. The van der Waals surface area contributed by atoms with Crippen molar-refractivity contribution in [2.45, 2.75) is 17.7 Å². The summed E-state index contributed by atoms with van der Waals surface area (Å²) in [5.41, 5.74) is 6.42. The minimum absolute atomic E-state index is 0.0178. The van der Waals surface area contributed by atoms with Crippen LogP contribution in [0.2, 0.25) is 0 Å². The summed E-state index contributed by atoms with van der Waals surface area (Å²) in [5.74, 6) is -0.855. The van der Waals surface area contributed by atoms with E-state index in [1.165, 1.54) is 6.07 Å². The molecular weight excluding hydrogens is 358 g/mol. The number of anilines is 2. The Hall–Kier alpha value is -2.78. The van der Waals surface area contributed by atoms with E-state index in [9.17, 15) is 18.3 Å². The molecule has 5 N–H and O–H groups in total. The Morgan fingerprint density at radius 1 is 1.12 bits per heavy atom. The van der Waals surface area contributed by atoms with Crippen LogP contribution in [0.1, 0.15) is 23.2 Å². The first-order chi connectivity index (χ1) is 12.3. The van der Waals surface area contributed by atoms with Crippen LogP contribution in [-0.4, -0.2) is 32.6 Å². The number of carboxylic acid groups (broad SMARTS) is 1. The Kier molecular flexibility index (Phi) is 4.75. The minimum Gasteiger partial charge on any atom is -0.478 e. The minimum atomic E-state index is -4.21. The number of hydrogen-bond donors (Lipinski definition) is 3.